The average Bonchev–Trinajstić information content (AvgIpc) is 2.71. The van der Waals surface area contributed by atoms with E-state index in [2.05, 4.69) is 10.4 Å². The van der Waals surface area contributed by atoms with Gasteiger partial charge in [0.05, 0.1) is 12.6 Å². The van der Waals surface area contributed by atoms with Crippen molar-refractivity contribution >= 4 is 23.9 Å². The molecule has 1 heterocycles. The first-order valence-electron chi connectivity index (χ1n) is 5.37. The molecule has 0 aliphatic heterocycles. The fourth-order valence-electron chi connectivity index (χ4n) is 1.32. The standard InChI is InChI=1S/C11H14N4O4/c1-15-6-7(5-13-15)2-3-10(17)14-8(11(18)19)4-9(12)16/h2-3,5-6,8H,4H2,1H3,(H2,12,16)(H,14,17)(H,18,19)/b3-2+/t8-/m1/s1. The molecular weight excluding hydrogens is 252 g/mol. The predicted octanol–water partition coefficient (Wildman–Crippen LogP) is -1.12. The number of nitrogens with one attached hydrogen (secondary N) is 1. The molecule has 0 aliphatic rings. The summed E-state index contributed by atoms with van der Waals surface area (Å²) in [6.45, 7) is 0. The third kappa shape index (κ3) is 5.02. The molecule has 1 rings (SSSR count). The molecule has 0 spiro atoms. The lowest BCUT2D eigenvalue weighted by Gasteiger charge is -2.10. The van der Waals surface area contributed by atoms with Crippen molar-refractivity contribution in [3.8, 4) is 0 Å². The minimum absolute atomic E-state index is 0.457. The Balaban J connectivity index is 2.60. The van der Waals surface area contributed by atoms with Crippen LogP contribution in [-0.4, -0.2) is 38.7 Å². The summed E-state index contributed by atoms with van der Waals surface area (Å²) in [6, 6.07) is -1.33. The zero-order valence-electron chi connectivity index (χ0n) is 10.2. The second-order valence-corrected chi connectivity index (χ2v) is 3.85. The smallest absolute Gasteiger partial charge is 0.326 e. The minimum atomic E-state index is -1.33. The number of nitrogens with zero attached hydrogens (tertiary/aromatic N) is 2. The molecule has 8 nitrogen and oxygen atoms in total. The Labute approximate surface area is 108 Å². The Morgan fingerprint density at radius 2 is 2.26 bits per heavy atom. The van der Waals surface area contributed by atoms with Crippen LogP contribution in [0.2, 0.25) is 0 Å². The lowest BCUT2D eigenvalue weighted by molar-refractivity contribution is -0.142. The second kappa shape index (κ2) is 6.34. The van der Waals surface area contributed by atoms with Gasteiger partial charge < -0.3 is 16.2 Å². The molecule has 4 N–H and O–H groups in total. The number of carbonyl (C=O) groups is 3. The van der Waals surface area contributed by atoms with E-state index in [0.29, 0.717) is 5.56 Å². The van der Waals surface area contributed by atoms with Gasteiger partial charge in [-0.25, -0.2) is 4.79 Å². The van der Waals surface area contributed by atoms with Gasteiger partial charge in [-0.3, -0.25) is 14.3 Å². The Bertz CT molecular complexity index is 521. The van der Waals surface area contributed by atoms with Crippen LogP contribution in [-0.2, 0) is 21.4 Å². The van der Waals surface area contributed by atoms with Crippen LogP contribution >= 0.6 is 0 Å². The SMILES string of the molecule is Cn1cc(/C=C/C(=O)N[C@H](CC(N)=O)C(=O)O)cn1. The van der Waals surface area contributed by atoms with Crippen LogP contribution in [0, 0.1) is 0 Å². The second-order valence-electron chi connectivity index (χ2n) is 3.85. The number of aliphatic carboxylic acids is 1. The Morgan fingerprint density at radius 3 is 2.74 bits per heavy atom. The Hall–Kier alpha value is -2.64. The lowest BCUT2D eigenvalue weighted by atomic mass is 10.2. The number of carboxylic acid groups (broad SMARTS) is 1. The van der Waals surface area contributed by atoms with Gasteiger partial charge >= 0.3 is 5.97 Å². The van der Waals surface area contributed by atoms with Crippen LogP contribution in [0.25, 0.3) is 6.08 Å². The first-order valence-corrected chi connectivity index (χ1v) is 5.37. The summed E-state index contributed by atoms with van der Waals surface area (Å²) >= 11 is 0. The van der Waals surface area contributed by atoms with Gasteiger partial charge in [0.15, 0.2) is 0 Å². The quantitative estimate of drug-likeness (QED) is 0.562. The number of hydrogen-bond acceptors (Lipinski definition) is 4. The molecule has 0 saturated carbocycles. The molecule has 0 radical (unpaired) electrons. The summed E-state index contributed by atoms with van der Waals surface area (Å²) in [4.78, 5) is 32.9. The van der Waals surface area contributed by atoms with Crippen molar-refractivity contribution in [2.75, 3.05) is 0 Å². The van der Waals surface area contributed by atoms with E-state index in [1.807, 2.05) is 0 Å². The fraction of sp³-hybridized carbons (Fsp3) is 0.273. The van der Waals surface area contributed by atoms with Gasteiger partial charge in [-0.1, -0.05) is 0 Å². The molecule has 102 valence electrons. The van der Waals surface area contributed by atoms with Crippen molar-refractivity contribution in [1.29, 1.82) is 0 Å². The van der Waals surface area contributed by atoms with E-state index in [0.717, 1.165) is 6.08 Å². The number of aromatic nitrogens is 2. The van der Waals surface area contributed by atoms with Gasteiger partial charge in [-0.2, -0.15) is 5.10 Å². The molecule has 0 aliphatic carbocycles. The lowest BCUT2D eigenvalue weighted by Crippen LogP contribution is -2.42. The average molecular weight is 266 g/mol. The molecule has 0 unspecified atom stereocenters. The molecule has 0 saturated heterocycles. The number of carbonyl (C=O) groups excluding carboxylic acids is 2. The third-order valence-corrected chi connectivity index (χ3v) is 2.17. The summed E-state index contributed by atoms with van der Waals surface area (Å²) in [5.41, 5.74) is 5.59. The van der Waals surface area contributed by atoms with Crippen molar-refractivity contribution in [1.82, 2.24) is 15.1 Å². The van der Waals surface area contributed by atoms with Crippen molar-refractivity contribution < 1.29 is 19.5 Å². The number of amides is 2. The predicted molar refractivity (Wildman–Crippen MR) is 65.6 cm³/mol. The largest absolute Gasteiger partial charge is 0.480 e. The molecule has 1 aromatic rings. The van der Waals surface area contributed by atoms with Gasteiger partial charge in [0.1, 0.15) is 6.04 Å². The highest BCUT2D eigenvalue weighted by Crippen LogP contribution is 1.99. The molecule has 1 aromatic heterocycles. The number of hydrogen-bond donors (Lipinski definition) is 3. The van der Waals surface area contributed by atoms with E-state index >= 15 is 0 Å². The van der Waals surface area contributed by atoms with Crippen molar-refractivity contribution in [3.63, 3.8) is 0 Å². The van der Waals surface area contributed by atoms with Gasteiger partial charge in [0.2, 0.25) is 11.8 Å². The van der Waals surface area contributed by atoms with Gasteiger partial charge in [0.25, 0.3) is 0 Å². The van der Waals surface area contributed by atoms with Crippen molar-refractivity contribution in [2.45, 2.75) is 12.5 Å². The van der Waals surface area contributed by atoms with E-state index in [1.54, 1.807) is 24.1 Å². The van der Waals surface area contributed by atoms with Gasteiger partial charge in [-0.15, -0.1) is 0 Å². The summed E-state index contributed by atoms with van der Waals surface area (Å²) in [6.07, 6.45) is 5.41. The zero-order valence-corrected chi connectivity index (χ0v) is 10.2. The Kier molecular flexibility index (Phi) is 4.81. The summed E-state index contributed by atoms with van der Waals surface area (Å²) in [5, 5.41) is 14.9. The molecule has 19 heavy (non-hydrogen) atoms. The highest BCUT2D eigenvalue weighted by atomic mass is 16.4. The summed E-state index contributed by atoms with van der Waals surface area (Å²) < 4.78 is 1.56. The molecular formula is C11H14N4O4. The van der Waals surface area contributed by atoms with Gasteiger partial charge in [0, 0.05) is 24.9 Å². The fourth-order valence-corrected chi connectivity index (χ4v) is 1.32. The number of rotatable bonds is 6. The van der Waals surface area contributed by atoms with Crippen LogP contribution < -0.4 is 11.1 Å². The molecule has 0 bridgehead atoms. The van der Waals surface area contributed by atoms with Crippen LogP contribution in [0.15, 0.2) is 18.5 Å². The maximum Gasteiger partial charge on any atom is 0.326 e. The third-order valence-electron chi connectivity index (χ3n) is 2.17. The first-order chi connectivity index (χ1) is 8.88. The Morgan fingerprint density at radius 1 is 1.58 bits per heavy atom. The van der Waals surface area contributed by atoms with Crippen LogP contribution in [0.5, 0.6) is 0 Å². The molecule has 1 atom stereocenters. The first kappa shape index (κ1) is 14.4. The normalized spacial score (nSPS) is 12.3. The van der Waals surface area contributed by atoms with Crippen molar-refractivity contribution in [2.24, 2.45) is 12.8 Å². The minimum Gasteiger partial charge on any atom is -0.480 e. The number of aryl methyl sites for hydroxylation is 1. The highest BCUT2D eigenvalue weighted by Gasteiger charge is 2.20. The summed E-state index contributed by atoms with van der Waals surface area (Å²) in [5.74, 6) is -2.75. The maximum absolute atomic E-state index is 11.5. The highest BCUT2D eigenvalue weighted by molar-refractivity contribution is 5.95. The zero-order chi connectivity index (χ0) is 14.4. The van der Waals surface area contributed by atoms with E-state index in [1.165, 1.54) is 6.08 Å². The van der Waals surface area contributed by atoms with E-state index < -0.39 is 30.2 Å². The summed E-state index contributed by atoms with van der Waals surface area (Å²) in [7, 11) is 1.73. The van der Waals surface area contributed by atoms with E-state index in [9.17, 15) is 14.4 Å². The molecule has 0 fully saturated rings. The van der Waals surface area contributed by atoms with E-state index in [-0.39, 0.29) is 0 Å². The monoisotopic (exact) mass is 266 g/mol. The van der Waals surface area contributed by atoms with Crippen LogP contribution in [0.3, 0.4) is 0 Å². The van der Waals surface area contributed by atoms with Crippen molar-refractivity contribution in [3.05, 3.63) is 24.0 Å². The number of nitrogens with two attached hydrogens (primary N) is 1. The number of carboxylic acids is 1. The number of primary amides is 1. The molecule has 8 heteroatoms. The van der Waals surface area contributed by atoms with E-state index in [4.69, 9.17) is 10.8 Å². The molecule has 0 aromatic carbocycles. The van der Waals surface area contributed by atoms with Gasteiger partial charge in [-0.05, 0) is 6.08 Å². The van der Waals surface area contributed by atoms with Crippen LogP contribution in [0.1, 0.15) is 12.0 Å². The molecule has 2 amide bonds. The van der Waals surface area contributed by atoms with Crippen LogP contribution in [0.4, 0.5) is 0 Å². The topological polar surface area (TPSA) is 127 Å². The maximum atomic E-state index is 11.5.